The second kappa shape index (κ2) is 4.56. The highest BCUT2D eigenvalue weighted by Crippen LogP contribution is 2.34. The lowest BCUT2D eigenvalue weighted by Crippen LogP contribution is -2.21. The summed E-state index contributed by atoms with van der Waals surface area (Å²) in [6.45, 7) is 0.888. The summed E-state index contributed by atoms with van der Waals surface area (Å²) in [5.74, 6) is 0.145. The van der Waals surface area contributed by atoms with Crippen molar-refractivity contribution in [1.29, 1.82) is 0 Å². The average Bonchev–Trinajstić information content (AvgIpc) is 2.89. The van der Waals surface area contributed by atoms with Gasteiger partial charge in [0.05, 0.1) is 15.2 Å². The molecule has 0 saturated heterocycles. The maximum atomic E-state index is 13.2. The van der Waals surface area contributed by atoms with Crippen LogP contribution in [0.5, 0.6) is 0 Å². The minimum absolute atomic E-state index is 0.221. The largest absolute Gasteiger partial charge is 0.384 e. The summed E-state index contributed by atoms with van der Waals surface area (Å²) in [5.41, 5.74) is 3.31. The summed E-state index contributed by atoms with van der Waals surface area (Å²) in [7, 11) is 0. The maximum absolute atomic E-state index is 13.2. The van der Waals surface area contributed by atoms with E-state index in [4.69, 9.17) is 0 Å². The molecule has 4 rings (SSSR count). The first-order chi connectivity index (χ1) is 9.79. The van der Waals surface area contributed by atoms with Crippen molar-refractivity contribution in [2.24, 2.45) is 0 Å². The number of anilines is 1. The van der Waals surface area contributed by atoms with Gasteiger partial charge in [0, 0.05) is 24.2 Å². The van der Waals surface area contributed by atoms with Crippen LogP contribution in [0.1, 0.15) is 16.5 Å². The van der Waals surface area contributed by atoms with Crippen LogP contribution in [0.2, 0.25) is 0 Å². The predicted octanol–water partition coefficient (Wildman–Crippen LogP) is 4.19. The number of rotatable bonds is 1. The van der Waals surface area contributed by atoms with E-state index in [1.165, 1.54) is 23.4 Å². The van der Waals surface area contributed by atoms with Gasteiger partial charge in [-0.05, 0) is 30.2 Å². The van der Waals surface area contributed by atoms with Crippen LogP contribution in [0.25, 0.3) is 10.2 Å². The zero-order valence-corrected chi connectivity index (χ0v) is 11.6. The topological polar surface area (TPSA) is 24.9 Å². The molecule has 1 aromatic heterocycles. The van der Waals surface area contributed by atoms with Crippen LogP contribution < -0.4 is 5.32 Å². The Balaban J connectivity index is 1.70. The fraction of sp³-hybridized carbons (Fsp3) is 0.188. The van der Waals surface area contributed by atoms with Crippen LogP contribution in [0.4, 0.5) is 10.1 Å². The van der Waals surface area contributed by atoms with Crippen molar-refractivity contribution in [3.8, 4) is 0 Å². The second-order valence-electron chi connectivity index (χ2n) is 5.10. The maximum Gasteiger partial charge on any atom is 0.125 e. The third-order valence-corrected chi connectivity index (χ3v) is 4.94. The summed E-state index contributed by atoms with van der Waals surface area (Å²) >= 11 is 1.67. The molecule has 1 atom stereocenters. The lowest BCUT2D eigenvalue weighted by atomic mass is 9.94. The van der Waals surface area contributed by atoms with Gasteiger partial charge in [-0.2, -0.15) is 0 Å². The van der Waals surface area contributed by atoms with Gasteiger partial charge in [-0.3, -0.25) is 0 Å². The highest BCUT2D eigenvalue weighted by Gasteiger charge is 2.22. The third kappa shape index (κ3) is 1.96. The molecule has 2 heterocycles. The van der Waals surface area contributed by atoms with E-state index in [1.54, 1.807) is 11.3 Å². The molecule has 0 amide bonds. The number of hydrogen-bond acceptors (Lipinski definition) is 3. The van der Waals surface area contributed by atoms with E-state index in [9.17, 15) is 4.39 Å². The molecular weight excluding hydrogens is 271 g/mol. The van der Waals surface area contributed by atoms with Crippen LogP contribution in [0.15, 0.2) is 42.5 Å². The zero-order chi connectivity index (χ0) is 13.5. The number of aromatic nitrogens is 1. The SMILES string of the molecule is Fc1ccc2sc(C3CNc4ccccc4C3)nc2c1. The van der Waals surface area contributed by atoms with E-state index in [2.05, 4.69) is 28.5 Å². The van der Waals surface area contributed by atoms with Gasteiger partial charge >= 0.3 is 0 Å². The Morgan fingerprint density at radius 3 is 3.05 bits per heavy atom. The summed E-state index contributed by atoms with van der Waals surface area (Å²) in [5, 5.41) is 4.55. The monoisotopic (exact) mass is 284 g/mol. The van der Waals surface area contributed by atoms with Crippen molar-refractivity contribution in [3.63, 3.8) is 0 Å². The van der Waals surface area contributed by atoms with E-state index >= 15 is 0 Å². The van der Waals surface area contributed by atoms with Gasteiger partial charge < -0.3 is 5.32 Å². The lowest BCUT2D eigenvalue weighted by Gasteiger charge is -2.24. The van der Waals surface area contributed by atoms with Crippen LogP contribution in [0.3, 0.4) is 0 Å². The van der Waals surface area contributed by atoms with Crippen molar-refractivity contribution in [3.05, 3.63) is 58.9 Å². The molecule has 2 aromatic carbocycles. The van der Waals surface area contributed by atoms with Crippen molar-refractivity contribution < 1.29 is 4.39 Å². The van der Waals surface area contributed by atoms with E-state index in [0.29, 0.717) is 5.92 Å². The minimum atomic E-state index is -0.221. The number of fused-ring (bicyclic) bond motifs is 2. The second-order valence-corrected chi connectivity index (χ2v) is 6.17. The Morgan fingerprint density at radius 1 is 1.20 bits per heavy atom. The molecule has 4 heteroatoms. The van der Waals surface area contributed by atoms with Crippen molar-refractivity contribution >= 4 is 27.2 Å². The molecule has 2 nitrogen and oxygen atoms in total. The molecule has 0 spiro atoms. The number of halogens is 1. The number of nitrogens with one attached hydrogen (secondary N) is 1. The number of hydrogen-bond donors (Lipinski definition) is 1. The van der Waals surface area contributed by atoms with Crippen LogP contribution >= 0.6 is 11.3 Å². The molecule has 1 unspecified atom stereocenters. The Hall–Kier alpha value is -1.94. The molecule has 0 fully saturated rings. The first-order valence-electron chi connectivity index (χ1n) is 6.67. The van der Waals surface area contributed by atoms with Crippen LogP contribution in [-0.2, 0) is 6.42 Å². The Labute approximate surface area is 120 Å². The quantitative estimate of drug-likeness (QED) is 0.725. The highest BCUT2D eigenvalue weighted by molar-refractivity contribution is 7.18. The average molecular weight is 284 g/mol. The molecule has 100 valence electrons. The molecule has 20 heavy (non-hydrogen) atoms. The Bertz CT molecular complexity index is 781. The molecular formula is C16H13FN2S. The molecule has 1 aliphatic rings. The summed E-state index contributed by atoms with van der Waals surface area (Å²) in [4.78, 5) is 4.61. The molecule has 0 saturated carbocycles. The van der Waals surface area contributed by atoms with E-state index in [-0.39, 0.29) is 5.82 Å². The van der Waals surface area contributed by atoms with Gasteiger partial charge in [0.15, 0.2) is 0 Å². The van der Waals surface area contributed by atoms with Gasteiger partial charge in [0.1, 0.15) is 5.82 Å². The van der Waals surface area contributed by atoms with E-state index in [0.717, 1.165) is 28.2 Å². The smallest absolute Gasteiger partial charge is 0.125 e. The summed E-state index contributed by atoms with van der Waals surface area (Å²) in [6.07, 6.45) is 0.992. The standard InChI is InChI=1S/C16H13FN2S/c17-12-5-6-15-14(8-12)19-16(20-15)11-7-10-3-1-2-4-13(10)18-9-11/h1-6,8,11,18H,7,9H2. The van der Waals surface area contributed by atoms with Gasteiger partial charge in [-0.1, -0.05) is 18.2 Å². The first kappa shape index (κ1) is 11.9. The molecule has 3 aromatic rings. The number of thiazole rings is 1. The van der Waals surface area contributed by atoms with Gasteiger partial charge in [0.25, 0.3) is 0 Å². The number of nitrogens with zero attached hydrogens (tertiary/aromatic N) is 1. The fourth-order valence-corrected chi connectivity index (χ4v) is 3.76. The van der Waals surface area contributed by atoms with Gasteiger partial charge in [-0.25, -0.2) is 9.37 Å². The zero-order valence-electron chi connectivity index (χ0n) is 10.8. The van der Waals surface area contributed by atoms with Gasteiger partial charge in [0.2, 0.25) is 0 Å². The third-order valence-electron chi connectivity index (χ3n) is 3.74. The summed E-state index contributed by atoms with van der Waals surface area (Å²) < 4.78 is 14.3. The van der Waals surface area contributed by atoms with Crippen molar-refractivity contribution in [2.75, 3.05) is 11.9 Å². The number of para-hydroxylation sites is 1. The fourth-order valence-electron chi connectivity index (χ4n) is 2.71. The van der Waals surface area contributed by atoms with Crippen molar-refractivity contribution in [2.45, 2.75) is 12.3 Å². The van der Waals surface area contributed by atoms with E-state index in [1.807, 2.05) is 12.1 Å². The van der Waals surface area contributed by atoms with Crippen LogP contribution in [0, 0.1) is 5.82 Å². The van der Waals surface area contributed by atoms with Crippen molar-refractivity contribution in [1.82, 2.24) is 4.98 Å². The predicted molar refractivity (Wildman–Crippen MR) is 81.0 cm³/mol. The molecule has 0 bridgehead atoms. The minimum Gasteiger partial charge on any atom is -0.384 e. The van der Waals surface area contributed by atoms with Crippen LogP contribution in [-0.4, -0.2) is 11.5 Å². The Morgan fingerprint density at radius 2 is 2.10 bits per heavy atom. The normalized spacial score (nSPS) is 17.8. The van der Waals surface area contributed by atoms with E-state index < -0.39 is 0 Å². The molecule has 0 aliphatic carbocycles. The Kier molecular flexibility index (Phi) is 2.70. The van der Waals surface area contributed by atoms with Gasteiger partial charge in [-0.15, -0.1) is 11.3 Å². The summed E-state index contributed by atoms with van der Waals surface area (Å²) in [6, 6.07) is 13.2. The molecule has 0 radical (unpaired) electrons. The molecule has 1 aliphatic heterocycles. The first-order valence-corrected chi connectivity index (χ1v) is 7.49. The molecule has 1 N–H and O–H groups in total. The number of benzene rings is 2. The lowest BCUT2D eigenvalue weighted by molar-refractivity contribution is 0.629. The highest BCUT2D eigenvalue weighted by atomic mass is 32.1.